The number of methoxy groups -OCH3 is 1. The average Bonchev–Trinajstić information content (AvgIpc) is 2.21. The van der Waals surface area contributed by atoms with Gasteiger partial charge in [-0.2, -0.15) is 0 Å². The van der Waals surface area contributed by atoms with Crippen molar-refractivity contribution in [2.75, 3.05) is 13.7 Å². The Labute approximate surface area is 104 Å². The van der Waals surface area contributed by atoms with Crippen LogP contribution in [0, 0.1) is 11.8 Å². The lowest BCUT2D eigenvalue weighted by molar-refractivity contribution is -0.124. The van der Waals surface area contributed by atoms with Gasteiger partial charge in [-0.1, -0.05) is 13.8 Å². The molecule has 0 spiro atoms. The van der Waals surface area contributed by atoms with E-state index in [1.54, 1.807) is 7.11 Å². The minimum absolute atomic E-state index is 0.139. The largest absolute Gasteiger partial charge is 0.381 e. The number of hydrogen-bond acceptors (Lipinski definition) is 3. The Kier molecular flexibility index (Phi) is 5.92. The van der Waals surface area contributed by atoms with Crippen LogP contribution in [-0.2, 0) is 9.53 Å². The number of ether oxygens (including phenoxy) is 1. The number of nitrogens with one attached hydrogen (secondary N) is 1. The van der Waals surface area contributed by atoms with Crippen LogP contribution in [-0.4, -0.2) is 31.7 Å². The van der Waals surface area contributed by atoms with Crippen LogP contribution < -0.4 is 11.1 Å². The standard InChI is InChI=1S/C13H26N2O2/c1-9(2)4-10(8-14)5-13(16)15-11-6-12(7-11)17-3/h9-12H,4-8,14H2,1-3H3,(H,15,16)/t10-,11?,12?/m0/s1. The highest BCUT2D eigenvalue weighted by Gasteiger charge is 2.30. The van der Waals surface area contributed by atoms with Crippen LogP contribution >= 0.6 is 0 Å². The topological polar surface area (TPSA) is 64.3 Å². The van der Waals surface area contributed by atoms with Crippen LogP contribution in [0.25, 0.3) is 0 Å². The summed E-state index contributed by atoms with van der Waals surface area (Å²) in [6.07, 6.45) is 3.80. The molecule has 1 amide bonds. The second-order valence-electron chi connectivity index (χ2n) is 5.53. The van der Waals surface area contributed by atoms with Crippen LogP contribution in [0.1, 0.15) is 39.5 Å². The normalized spacial score (nSPS) is 25.5. The molecule has 1 atom stereocenters. The summed E-state index contributed by atoms with van der Waals surface area (Å²) in [4.78, 5) is 11.8. The van der Waals surface area contributed by atoms with Crippen LogP contribution in [0.3, 0.4) is 0 Å². The van der Waals surface area contributed by atoms with Gasteiger partial charge in [-0.15, -0.1) is 0 Å². The van der Waals surface area contributed by atoms with Gasteiger partial charge in [0.05, 0.1) is 6.10 Å². The van der Waals surface area contributed by atoms with E-state index in [0.717, 1.165) is 19.3 Å². The van der Waals surface area contributed by atoms with Gasteiger partial charge in [0.2, 0.25) is 5.91 Å². The molecule has 0 bridgehead atoms. The first kappa shape index (κ1) is 14.5. The van der Waals surface area contributed by atoms with Gasteiger partial charge in [0.15, 0.2) is 0 Å². The molecule has 3 N–H and O–H groups in total. The molecule has 0 unspecified atom stereocenters. The zero-order chi connectivity index (χ0) is 12.8. The molecule has 4 nitrogen and oxygen atoms in total. The van der Waals surface area contributed by atoms with Gasteiger partial charge in [-0.3, -0.25) is 4.79 Å². The van der Waals surface area contributed by atoms with Gasteiger partial charge in [-0.25, -0.2) is 0 Å². The van der Waals surface area contributed by atoms with Crippen molar-refractivity contribution in [1.29, 1.82) is 0 Å². The zero-order valence-corrected chi connectivity index (χ0v) is 11.2. The van der Waals surface area contributed by atoms with E-state index in [-0.39, 0.29) is 5.91 Å². The molecule has 1 aliphatic rings. The van der Waals surface area contributed by atoms with E-state index >= 15 is 0 Å². The van der Waals surface area contributed by atoms with Gasteiger partial charge in [-0.05, 0) is 37.6 Å². The molecule has 1 saturated carbocycles. The molecule has 17 heavy (non-hydrogen) atoms. The number of carbonyl (C=O) groups is 1. The molecule has 100 valence electrons. The molecular weight excluding hydrogens is 216 g/mol. The highest BCUT2D eigenvalue weighted by Crippen LogP contribution is 2.23. The SMILES string of the molecule is COC1CC(NC(=O)C[C@@H](CN)CC(C)C)C1. The first-order valence-corrected chi connectivity index (χ1v) is 6.57. The number of carbonyl (C=O) groups excluding carboxylic acids is 1. The van der Waals surface area contributed by atoms with Crippen molar-refractivity contribution in [3.8, 4) is 0 Å². The fraction of sp³-hybridized carbons (Fsp3) is 0.923. The first-order valence-electron chi connectivity index (χ1n) is 6.57. The van der Waals surface area contributed by atoms with E-state index in [9.17, 15) is 4.79 Å². The Balaban J connectivity index is 2.19. The van der Waals surface area contributed by atoms with Crippen molar-refractivity contribution in [3.63, 3.8) is 0 Å². The first-order chi connectivity index (χ1) is 8.05. The quantitative estimate of drug-likeness (QED) is 0.707. The molecule has 1 fully saturated rings. The summed E-state index contributed by atoms with van der Waals surface area (Å²) < 4.78 is 5.18. The lowest BCUT2D eigenvalue weighted by Gasteiger charge is -2.34. The fourth-order valence-electron chi connectivity index (χ4n) is 2.35. The molecule has 0 aromatic rings. The molecule has 4 heteroatoms. The van der Waals surface area contributed by atoms with Crippen molar-refractivity contribution in [2.45, 2.75) is 51.7 Å². The van der Waals surface area contributed by atoms with Gasteiger partial charge in [0, 0.05) is 19.6 Å². The number of rotatable bonds is 7. The number of amides is 1. The van der Waals surface area contributed by atoms with Crippen LogP contribution in [0.4, 0.5) is 0 Å². The molecule has 0 heterocycles. The Hall–Kier alpha value is -0.610. The minimum Gasteiger partial charge on any atom is -0.381 e. The Morgan fingerprint density at radius 3 is 2.59 bits per heavy atom. The van der Waals surface area contributed by atoms with Gasteiger partial charge >= 0.3 is 0 Å². The highest BCUT2D eigenvalue weighted by atomic mass is 16.5. The third-order valence-corrected chi connectivity index (χ3v) is 3.41. The molecule has 1 rings (SSSR count). The smallest absolute Gasteiger partial charge is 0.220 e. The monoisotopic (exact) mass is 242 g/mol. The maximum absolute atomic E-state index is 11.8. The second kappa shape index (κ2) is 6.97. The van der Waals surface area contributed by atoms with Crippen molar-refractivity contribution in [3.05, 3.63) is 0 Å². The lowest BCUT2D eigenvalue weighted by Crippen LogP contribution is -2.48. The Morgan fingerprint density at radius 2 is 2.12 bits per heavy atom. The van der Waals surface area contributed by atoms with Crippen molar-refractivity contribution >= 4 is 5.91 Å². The van der Waals surface area contributed by atoms with Crippen molar-refractivity contribution in [1.82, 2.24) is 5.32 Å². The van der Waals surface area contributed by atoms with E-state index in [1.807, 2.05) is 0 Å². The second-order valence-corrected chi connectivity index (χ2v) is 5.53. The molecule has 0 aromatic carbocycles. The number of nitrogens with two attached hydrogens (primary N) is 1. The highest BCUT2D eigenvalue weighted by molar-refractivity contribution is 5.76. The van der Waals surface area contributed by atoms with Gasteiger partial charge < -0.3 is 15.8 Å². The zero-order valence-electron chi connectivity index (χ0n) is 11.2. The molecule has 1 aliphatic carbocycles. The molecule has 0 saturated heterocycles. The summed E-state index contributed by atoms with van der Waals surface area (Å²) >= 11 is 0. The van der Waals surface area contributed by atoms with Crippen molar-refractivity contribution in [2.24, 2.45) is 17.6 Å². The number of hydrogen-bond donors (Lipinski definition) is 2. The maximum Gasteiger partial charge on any atom is 0.220 e. The van der Waals surface area contributed by atoms with Crippen molar-refractivity contribution < 1.29 is 9.53 Å². The molecule has 0 aliphatic heterocycles. The Morgan fingerprint density at radius 1 is 1.47 bits per heavy atom. The van der Waals surface area contributed by atoms with E-state index in [4.69, 9.17) is 10.5 Å². The minimum atomic E-state index is 0.139. The third-order valence-electron chi connectivity index (χ3n) is 3.41. The average molecular weight is 242 g/mol. The predicted octanol–water partition coefficient (Wildman–Crippen LogP) is 1.29. The van der Waals surface area contributed by atoms with E-state index < -0.39 is 0 Å². The molecule has 0 aromatic heterocycles. The fourth-order valence-corrected chi connectivity index (χ4v) is 2.35. The summed E-state index contributed by atoms with van der Waals surface area (Å²) in [5, 5.41) is 3.04. The lowest BCUT2D eigenvalue weighted by atomic mass is 9.88. The molecular formula is C13H26N2O2. The third kappa shape index (κ3) is 5.04. The van der Waals surface area contributed by atoms with Gasteiger partial charge in [0.1, 0.15) is 0 Å². The molecule has 0 radical (unpaired) electrons. The summed E-state index contributed by atoms with van der Waals surface area (Å²) in [6, 6.07) is 0.310. The Bertz CT molecular complexity index is 238. The summed E-state index contributed by atoms with van der Waals surface area (Å²) in [5.41, 5.74) is 5.69. The van der Waals surface area contributed by atoms with E-state index in [1.165, 1.54) is 0 Å². The van der Waals surface area contributed by atoms with Crippen LogP contribution in [0.5, 0.6) is 0 Å². The summed E-state index contributed by atoms with van der Waals surface area (Å²) in [5.74, 6) is 1.05. The summed E-state index contributed by atoms with van der Waals surface area (Å²) in [6.45, 7) is 4.92. The van der Waals surface area contributed by atoms with Crippen LogP contribution in [0.15, 0.2) is 0 Å². The van der Waals surface area contributed by atoms with Crippen LogP contribution in [0.2, 0.25) is 0 Å². The van der Waals surface area contributed by atoms with Gasteiger partial charge in [0.25, 0.3) is 0 Å². The predicted molar refractivity (Wildman–Crippen MR) is 68.6 cm³/mol. The maximum atomic E-state index is 11.8. The van der Waals surface area contributed by atoms with E-state index in [2.05, 4.69) is 19.2 Å². The summed E-state index contributed by atoms with van der Waals surface area (Å²) in [7, 11) is 1.72. The van der Waals surface area contributed by atoms with E-state index in [0.29, 0.717) is 36.9 Å².